The number of hydrogen-bond acceptors (Lipinski definition) is 6. The van der Waals surface area contributed by atoms with Crippen LogP contribution in [-0.2, 0) is 10.0 Å². The van der Waals surface area contributed by atoms with Crippen molar-refractivity contribution in [3.63, 3.8) is 0 Å². The first-order chi connectivity index (χ1) is 14.5. The fourth-order valence-electron chi connectivity index (χ4n) is 4.04. The molecule has 1 saturated heterocycles. The van der Waals surface area contributed by atoms with Gasteiger partial charge in [-0.2, -0.15) is 0 Å². The second kappa shape index (κ2) is 8.65. The van der Waals surface area contributed by atoms with E-state index in [1.54, 1.807) is 25.3 Å². The van der Waals surface area contributed by atoms with Gasteiger partial charge in [-0.15, -0.1) is 0 Å². The van der Waals surface area contributed by atoms with Gasteiger partial charge in [0.05, 0.1) is 12.7 Å². The third-order valence-corrected chi connectivity index (χ3v) is 7.43. The van der Waals surface area contributed by atoms with E-state index in [1.165, 1.54) is 6.07 Å². The summed E-state index contributed by atoms with van der Waals surface area (Å²) in [5.41, 5.74) is 0.272. The molecule has 8 heteroatoms. The Bertz CT molecular complexity index is 1020. The molecule has 0 spiro atoms. The van der Waals surface area contributed by atoms with Crippen LogP contribution in [0.3, 0.4) is 0 Å². The first kappa shape index (κ1) is 20.7. The molecule has 2 aliphatic rings. The van der Waals surface area contributed by atoms with Crippen molar-refractivity contribution in [2.45, 2.75) is 30.3 Å². The molecule has 0 aromatic heterocycles. The van der Waals surface area contributed by atoms with Crippen molar-refractivity contribution in [1.29, 1.82) is 0 Å². The maximum atomic E-state index is 12.6. The summed E-state index contributed by atoms with van der Waals surface area (Å²) in [6.45, 7) is 2.82. The maximum absolute atomic E-state index is 12.6. The van der Waals surface area contributed by atoms with Crippen LogP contribution in [0.25, 0.3) is 0 Å². The van der Waals surface area contributed by atoms with Gasteiger partial charge in [-0.3, -0.25) is 9.69 Å². The minimum absolute atomic E-state index is 0.108. The Balaban J connectivity index is 1.24. The molecule has 1 amide bonds. The number of rotatable bonds is 8. The van der Waals surface area contributed by atoms with Crippen molar-refractivity contribution in [1.82, 2.24) is 9.21 Å². The van der Waals surface area contributed by atoms with Crippen LogP contribution in [0.15, 0.2) is 53.4 Å². The van der Waals surface area contributed by atoms with Gasteiger partial charge in [-0.1, -0.05) is 24.3 Å². The van der Waals surface area contributed by atoms with E-state index in [2.05, 4.69) is 4.90 Å². The topological polar surface area (TPSA) is 76.2 Å². The normalized spacial score (nSPS) is 20.4. The molecule has 2 aliphatic heterocycles. The van der Waals surface area contributed by atoms with Crippen LogP contribution < -0.4 is 9.47 Å². The molecule has 2 aromatic carbocycles. The summed E-state index contributed by atoms with van der Waals surface area (Å²) >= 11 is 0. The Labute approximate surface area is 177 Å². The van der Waals surface area contributed by atoms with Gasteiger partial charge >= 0.3 is 0 Å². The van der Waals surface area contributed by atoms with Crippen LogP contribution in [0.4, 0.5) is 0 Å². The van der Waals surface area contributed by atoms with Crippen LogP contribution in [0.1, 0.15) is 29.6 Å². The molecule has 0 aliphatic carbocycles. The van der Waals surface area contributed by atoms with Crippen molar-refractivity contribution < 1.29 is 22.7 Å². The van der Waals surface area contributed by atoms with Crippen LogP contribution in [0.5, 0.6) is 11.5 Å². The van der Waals surface area contributed by atoms with E-state index in [0.717, 1.165) is 48.3 Å². The largest absolute Gasteiger partial charge is 0.493 e. The third-order valence-electron chi connectivity index (χ3n) is 5.59. The highest BCUT2D eigenvalue weighted by molar-refractivity contribution is 7.90. The van der Waals surface area contributed by atoms with Gasteiger partial charge in [0.1, 0.15) is 11.0 Å². The number of methoxy groups -OCH3 is 1. The number of carbonyl (C=O) groups excluding carboxylic acids is 1. The molecule has 2 heterocycles. The van der Waals surface area contributed by atoms with E-state index in [1.807, 2.05) is 24.3 Å². The van der Waals surface area contributed by atoms with Gasteiger partial charge in [-0.05, 0) is 50.1 Å². The lowest BCUT2D eigenvalue weighted by atomic mass is 10.2. The minimum atomic E-state index is -3.71. The number of nitrogens with zero attached hydrogens (tertiary/aromatic N) is 2. The Kier molecular flexibility index (Phi) is 5.97. The molecule has 160 valence electrons. The van der Waals surface area contributed by atoms with E-state index in [0.29, 0.717) is 6.42 Å². The third kappa shape index (κ3) is 4.02. The van der Waals surface area contributed by atoms with E-state index in [9.17, 15) is 13.2 Å². The zero-order valence-electron chi connectivity index (χ0n) is 17.0. The first-order valence-corrected chi connectivity index (χ1v) is 11.6. The molecule has 1 fully saturated rings. The summed E-state index contributed by atoms with van der Waals surface area (Å²) < 4.78 is 37.6. The summed E-state index contributed by atoms with van der Waals surface area (Å²) in [6.07, 6.45) is 2.49. The summed E-state index contributed by atoms with van der Waals surface area (Å²) in [4.78, 5) is 14.9. The van der Waals surface area contributed by atoms with Crippen LogP contribution in [0.2, 0.25) is 0 Å². The molecular formula is C22H26N2O5S. The molecule has 0 bridgehead atoms. The fraction of sp³-hybridized carbons (Fsp3) is 0.409. The highest BCUT2D eigenvalue weighted by Gasteiger charge is 2.40. The van der Waals surface area contributed by atoms with E-state index in [4.69, 9.17) is 9.47 Å². The maximum Gasteiger partial charge on any atom is 0.269 e. The van der Waals surface area contributed by atoms with Crippen molar-refractivity contribution in [3.8, 4) is 11.5 Å². The average molecular weight is 431 g/mol. The van der Waals surface area contributed by atoms with E-state index >= 15 is 0 Å². The summed E-state index contributed by atoms with van der Waals surface area (Å²) in [7, 11) is -2.07. The highest BCUT2D eigenvalue weighted by atomic mass is 32.2. The highest BCUT2D eigenvalue weighted by Crippen LogP contribution is 2.30. The molecule has 2 aromatic rings. The van der Waals surface area contributed by atoms with Crippen LogP contribution in [-0.4, -0.2) is 62.9 Å². The first-order valence-electron chi connectivity index (χ1n) is 10.2. The van der Waals surface area contributed by atoms with Gasteiger partial charge in [0, 0.05) is 19.6 Å². The second-order valence-corrected chi connectivity index (χ2v) is 9.40. The zero-order chi connectivity index (χ0) is 21.1. The molecule has 7 nitrogen and oxygen atoms in total. The van der Waals surface area contributed by atoms with Crippen molar-refractivity contribution in [3.05, 3.63) is 54.1 Å². The predicted molar refractivity (Wildman–Crippen MR) is 112 cm³/mol. The molecule has 1 atom stereocenters. The summed E-state index contributed by atoms with van der Waals surface area (Å²) in [5, 5.41) is 0. The second-order valence-electron chi connectivity index (χ2n) is 7.57. The monoisotopic (exact) mass is 430 g/mol. The Hall–Kier alpha value is -2.58. The zero-order valence-corrected chi connectivity index (χ0v) is 17.8. The number of likely N-dealkylation sites (tertiary alicyclic amines) is 1. The van der Waals surface area contributed by atoms with Crippen molar-refractivity contribution >= 4 is 15.9 Å². The number of benzene rings is 2. The van der Waals surface area contributed by atoms with Gasteiger partial charge in [0.25, 0.3) is 15.9 Å². The predicted octanol–water partition coefficient (Wildman–Crippen LogP) is 2.77. The number of carbonyl (C=O) groups is 1. The van der Waals surface area contributed by atoms with Crippen molar-refractivity contribution in [2.24, 2.45) is 0 Å². The standard InChI is InChI=1S/C22H26N2O5S/c1-28-19-9-3-4-10-20(19)29-17-12-15-23(16-17)13-6-7-14-24-22(25)18-8-2-5-11-21(18)30(24,26)27/h2-5,8-11,17H,6-7,12-16H2,1H3/t17-/m0/s1. The number of hydrogen-bond donors (Lipinski definition) is 0. The number of para-hydroxylation sites is 2. The lowest BCUT2D eigenvalue weighted by molar-refractivity contribution is 0.0869. The van der Waals surface area contributed by atoms with Gasteiger partial charge in [-0.25, -0.2) is 12.7 Å². The number of unbranched alkanes of at least 4 members (excludes halogenated alkanes) is 1. The lowest BCUT2D eigenvalue weighted by Crippen LogP contribution is -2.32. The number of ether oxygens (including phenoxy) is 2. The molecule has 30 heavy (non-hydrogen) atoms. The molecule has 0 N–H and O–H groups in total. The fourth-order valence-corrected chi connectivity index (χ4v) is 5.64. The number of sulfonamides is 1. The Morgan fingerprint density at radius 1 is 1.00 bits per heavy atom. The van der Waals surface area contributed by atoms with Crippen LogP contribution >= 0.6 is 0 Å². The van der Waals surface area contributed by atoms with Gasteiger partial charge < -0.3 is 9.47 Å². The lowest BCUT2D eigenvalue weighted by Gasteiger charge is -2.19. The van der Waals surface area contributed by atoms with E-state index in [-0.39, 0.29) is 23.1 Å². The molecule has 4 rings (SSSR count). The Morgan fingerprint density at radius 3 is 2.47 bits per heavy atom. The van der Waals surface area contributed by atoms with Crippen molar-refractivity contribution in [2.75, 3.05) is 33.3 Å². The quantitative estimate of drug-likeness (QED) is 0.600. The summed E-state index contributed by atoms with van der Waals surface area (Å²) in [6, 6.07) is 14.0. The average Bonchev–Trinajstić information content (AvgIpc) is 3.27. The smallest absolute Gasteiger partial charge is 0.269 e. The minimum Gasteiger partial charge on any atom is -0.493 e. The van der Waals surface area contributed by atoms with E-state index < -0.39 is 15.9 Å². The number of fused-ring (bicyclic) bond motifs is 1. The summed E-state index contributed by atoms with van der Waals surface area (Å²) in [5.74, 6) is 1.06. The van der Waals surface area contributed by atoms with Crippen LogP contribution in [0, 0.1) is 0 Å². The molecule has 0 saturated carbocycles. The molecule has 0 unspecified atom stereocenters. The Morgan fingerprint density at radius 2 is 1.70 bits per heavy atom. The van der Waals surface area contributed by atoms with Gasteiger partial charge in [0.2, 0.25) is 0 Å². The molecule has 0 radical (unpaired) electrons. The number of amides is 1. The molecular weight excluding hydrogens is 404 g/mol. The SMILES string of the molecule is COc1ccccc1O[C@H]1CCN(CCCCN2C(=O)c3ccccc3S2(=O)=O)C1. The van der Waals surface area contributed by atoms with Gasteiger partial charge in [0.15, 0.2) is 11.5 Å².